The molecule has 0 radical (unpaired) electrons. The first-order chi connectivity index (χ1) is 12.1. The van der Waals surface area contributed by atoms with Crippen molar-refractivity contribution >= 4 is 22.9 Å². The molecule has 1 N–H and O–H groups in total. The van der Waals surface area contributed by atoms with Crippen molar-refractivity contribution in [3.8, 4) is 0 Å². The van der Waals surface area contributed by atoms with Crippen LogP contribution in [0.5, 0.6) is 0 Å². The summed E-state index contributed by atoms with van der Waals surface area (Å²) in [5.74, 6) is -0.949. The molecule has 4 heteroatoms. The summed E-state index contributed by atoms with van der Waals surface area (Å²) in [6, 6.07) is 18.4. The highest BCUT2D eigenvalue weighted by Crippen LogP contribution is 2.15. The van der Waals surface area contributed by atoms with Gasteiger partial charge in [-0.1, -0.05) is 48.6 Å². The number of rotatable bonds is 7. The number of ether oxygens (including phenoxy) is 1. The first kappa shape index (κ1) is 17.0. The van der Waals surface area contributed by atoms with Crippen LogP contribution in [0.15, 0.2) is 66.9 Å². The smallest absolute Gasteiger partial charge is 0.332 e. The molecule has 25 heavy (non-hydrogen) atoms. The Morgan fingerprint density at radius 2 is 2.04 bits per heavy atom. The van der Waals surface area contributed by atoms with Crippen LogP contribution in [-0.4, -0.2) is 21.7 Å². The Hall–Kier alpha value is -2.85. The molecule has 0 unspecified atom stereocenters. The van der Waals surface area contributed by atoms with Crippen LogP contribution >= 0.6 is 0 Å². The van der Waals surface area contributed by atoms with Gasteiger partial charge in [0, 0.05) is 18.3 Å². The number of benzene rings is 2. The Balaban J connectivity index is 1.63. The fraction of sp³-hybridized carbons (Fsp3) is 0.190. The quantitative estimate of drug-likeness (QED) is 0.698. The lowest BCUT2D eigenvalue weighted by Gasteiger charge is -2.08. The lowest BCUT2D eigenvalue weighted by molar-refractivity contribution is -0.149. The average Bonchev–Trinajstić information content (AvgIpc) is 3.03. The van der Waals surface area contributed by atoms with Crippen LogP contribution < -0.4 is 0 Å². The highest BCUT2D eigenvalue weighted by Gasteiger charge is 2.10. The van der Waals surface area contributed by atoms with Gasteiger partial charge in [-0.15, -0.1) is 0 Å². The minimum Gasteiger partial charge on any atom is -0.479 e. The van der Waals surface area contributed by atoms with Gasteiger partial charge in [0.2, 0.25) is 0 Å². The van der Waals surface area contributed by atoms with Gasteiger partial charge in [0.15, 0.2) is 6.10 Å². The molecule has 1 atom stereocenters. The van der Waals surface area contributed by atoms with Crippen LogP contribution in [0.4, 0.5) is 0 Å². The van der Waals surface area contributed by atoms with E-state index in [1.54, 1.807) is 0 Å². The summed E-state index contributed by atoms with van der Waals surface area (Å²) in [5.41, 5.74) is 3.25. The van der Waals surface area contributed by atoms with Gasteiger partial charge in [-0.2, -0.15) is 0 Å². The Labute approximate surface area is 147 Å². The van der Waals surface area contributed by atoms with E-state index in [0.29, 0.717) is 0 Å². The molecule has 0 saturated heterocycles. The van der Waals surface area contributed by atoms with E-state index in [2.05, 4.69) is 41.1 Å². The second-order valence-corrected chi connectivity index (χ2v) is 5.97. The Morgan fingerprint density at radius 1 is 1.20 bits per heavy atom. The van der Waals surface area contributed by atoms with Crippen molar-refractivity contribution in [1.82, 2.24) is 4.57 Å². The van der Waals surface area contributed by atoms with Crippen LogP contribution in [0, 0.1) is 0 Å². The molecular formula is C21H21NO3. The number of aromatic nitrogens is 1. The number of fused-ring (bicyclic) bond motifs is 1. The minimum atomic E-state index is -0.949. The van der Waals surface area contributed by atoms with Gasteiger partial charge >= 0.3 is 5.97 Å². The maximum absolute atomic E-state index is 10.8. The largest absolute Gasteiger partial charge is 0.479 e. The van der Waals surface area contributed by atoms with Gasteiger partial charge in [-0.05, 0) is 41.6 Å². The van der Waals surface area contributed by atoms with Crippen molar-refractivity contribution in [3.63, 3.8) is 0 Å². The second-order valence-electron chi connectivity index (χ2n) is 5.97. The van der Waals surface area contributed by atoms with E-state index in [4.69, 9.17) is 9.84 Å². The van der Waals surface area contributed by atoms with E-state index in [1.807, 2.05) is 36.4 Å². The second kappa shape index (κ2) is 7.81. The maximum atomic E-state index is 10.8. The van der Waals surface area contributed by atoms with Crippen molar-refractivity contribution in [1.29, 1.82) is 0 Å². The number of carboxylic acids is 1. The molecule has 2 aromatic carbocycles. The van der Waals surface area contributed by atoms with Gasteiger partial charge in [-0.3, -0.25) is 0 Å². The topological polar surface area (TPSA) is 51.5 Å². The van der Waals surface area contributed by atoms with E-state index in [1.165, 1.54) is 17.8 Å². The minimum absolute atomic E-state index is 0.289. The maximum Gasteiger partial charge on any atom is 0.332 e. The lowest BCUT2D eigenvalue weighted by atomic mass is 10.1. The number of para-hydroxylation sites is 1. The van der Waals surface area contributed by atoms with Crippen molar-refractivity contribution < 1.29 is 14.6 Å². The van der Waals surface area contributed by atoms with E-state index in [-0.39, 0.29) is 6.61 Å². The van der Waals surface area contributed by atoms with Gasteiger partial charge < -0.3 is 14.4 Å². The summed E-state index contributed by atoms with van der Waals surface area (Å²) in [6.45, 7) is 2.62. The SMILES string of the molecule is C[C@H](OCc1cccc(/C=C/Cn2ccc3ccccc32)c1)C(=O)O. The van der Waals surface area contributed by atoms with E-state index < -0.39 is 12.1 Å². The number of hydrogen-bond donors (Lipinski definition) is 1. The van der Waals surface area contributed by atoms with Crippen molar-refractivity contribution in [2.24, 2.45) is 0 Å². The molecule has 4 nitrogen and oxygen atoms in total. The molecule has 0 bridgehead atoms. The molecule has 0 aliphatic heterocycles. The van der Waals surface area contributed by atoms with E-state index in [0.717, 1.165) is 17.7 Å². The zero-order valence-electron chi connectivity index (χ0n) is 14.1. The van der Waals surface area contributed by atoms with Crippen LogP contribution in [0.2, 0.25) is 0 Å². The van der Waals surface area contributed by atoms with Crippen LogP contribution in [0.1, 0.15) is 18.1 Å². The van der Waals surface area contributed by atoms with Gasteiger partial charge in [0.25, 0.3) is 0 Å². The standard InChI is InChI=1S/C21H21NO3/c1-16(21(23)24)25-15-18-7-4-6-17(14-18)8-5-12-22-13-11-19-9-2-3-10-20(19)22/h2-11,13-14,16H,12,15H2,1H3,(H,23,24)/b8-5+/t16-/m0/s1. The molecule has 1 heterocycles. The third-order valence-electron chi connectivity index (χ3n) is 4.09. The molecular weight excluding hydrogens is 314 g/mol. The summed E-state index contributed by atoms with van der Waals surface area (Å²) < 4.78 is 7.53. The Morgan fingerprint density at radius 3 is 2.88 bits per heavy atom. The summed E-state index contributed by atoms with van der Waals surface area (Å²) in [6.07, 6.45) is 5.47. The molecule has 0 amide bonds. The van der Waals surface area contributed by atoms with Crippen molar-refractivity contribution in [2.45, 2.75) is 26.2 Å². The van der Waals surface area contributed by atoms with Gasteiger partial charge in [0.1, 0.15) is 0 Å². The zero-order valence-corrected chi connectivity index (χ0v) is 14.1. The molecule has 0 saturated carbocycles. The monoisotopic (exact) mass is 335 g/mol. The molecule has 1 aromatic heterocycles. The van der Waals surface area contributed by atoms with E-state index in [9.17, 15) is 4.79 Å². The van der Waals surface area contributed by atoms with Crippen LogP contribution in [0.3, 0.4) is 0 Å². The summed E-state index contributed by atoms with van der Waals surface area (Å²) in [7, 11) is 0. The number of nitrogens with zero attached hydrogens (tertiary/aromatic N) is 1. The summed E-state index contributed by atoms with van der Waals surface area (Å²) in [4.78, 5) is 10.8. The zero-order chi connectivity index (χ0) is 17.6. The third kappa shape index (κ3) is 4.37. The molecule has 0 spiro atoms. The number of aliphatic carboxylic acids is 1. The van der Waals surface area contributed by atoms with Crippen molar-refractivity contribution in [2.75, 3.05) is 0 Å². The lowest BCUT2D eigenvalue weighted by Crippen LogP contribution is -2.19. The summed E-state index contributed by atoms with van der Waals surface area (Å²) >= 11 is 0. The summed E-state index contributed by atoms with van der Waals surface area (Å²) in [5, 5.41) is 10.1. The molecule has 3 aromatic rings. The highest BCUT2D eigenvalue weighted by atomic mass is 16.5. The third-order valence-corrected chi connectivity index (χ3v) is 4.09. The number of allylic oxidation sites excluding steroid dienone is 1. The Bertz CT molecular complexity index is 895. The number of hydrogen-bond acceptors (Lipinski definition) is 2. The molecule has 3 rings (SSSR count). The molecule has 0 aliphatic rings. The van der Waals surface area contributed by atoms with Crippen LogP contribution in [-0.2, 0) is 22.7 Å². The predicted octanol–water partition coefficient (Wildman–Crippen LogP) is 4.34. The Kier molecular flexibility index (Phi) is 5.31. The van der Waals surface area contributed by atoms with Crippen molar-refractivity contribution in [3.05, 3.63) is 78.0 Å². The molecule has 0 aliphatic carbocycles. The molecule has 128 valence electrons. The normalized spacial score (nSPS) is 12.7. The first-order valence-electron chi connectivity index (χ1n) is 8.27. The average molecular weight is 335 g/mol. The molecule has 0 fully saturated rings. The predicted molar refractivity (Wildman–Crippen MR) is 99.3 cm³/mol. The number of carboxylic acid groups (broad SMARTS) is 1. The number of carbonyl (C=O) groups is 1. The van der Waals surface area contributed by atoms with E-state index >= 15 is 0 Å². The van der Waals surface area contributed by atoms with Gasteiger partial charge in [0.05, 0.1) is 6.61 Å². The fourth-order valence-electron chi connectivity index (χ4n) is 2.68. The van der Waals surface area contributed by atoms with Gasteiger partial charge in [-0.25, -0.2) is 4.79 Å². The first-order valence-corrected chi connectivity index (χ1v) is 8.27. The fourth-order valence-corrected chi connectivity index (χ4v) is 2.68. The highest BCUT2D eigenvalue weighted by molar-refractivity contribution is 5.80. The van der Waals surface area contributed by atoms with Crippen LogP contribution in [0.25, 0.3) is 17.0 Å².